The van der Waals surface area contributed by atoms with Crippen molar-refractivity contribution in [2.24, 2.45) is 0 Å². The third-order valence-corrected chi connectivity index (χ3v) is 4.92. The van der Waals surface area contributed by atoms with Crippen LogP contribution in [0.15, 0.2) is 83.8 Å². The number of carbonyl (C=O) groups is 2. The van der Waals surface area contributed by atoms with Gasteiger partial charge in [0.1, 0.15) is 6.61 Å². The van der Waals surface area contributed by atoms with Crippen molar-refractivity contribution >= 4 is 17.6 Å². The number of dihydropyridines is 1. The van der Waals surface area contributed by atoms with E-state index in [0.717, 1.165) is 0 Å². The van der Waals surface area contributed by atoms with E-state index in [1.165, 1.54) is 18.2 Å². The molecule has 0 radical (unpaired) electrons. The van der Waals surface area contributed by atoms with E-state index in [4.69, 9.17) is 9.47 Å². The molecule has 0 spiro atoms. The van der Waals surface area contributed by atoms with Crippen LogP contribution in [0.4, 0.5) is 5.69 Å². The van der Waals surface area contributed by atoms with Crippen LogP contribution in [0.1, 0.15) is 38.7 Å². The summed E-state index contributed by atoms with van der Waals surface area (Å²) >= 11 is 0. The van der Waals surface area contributed by atoms with Gasteiger partial charge in [-0.3, -0.25) is 10.1 Å². The maximum atomic E-state index is 13.1. The first-order valence-electron chi connectivity index (χ1n) is 10.5. The highest BCUT2D eigenvalue weighted by Crippen LogP contribution is 2.40. The molecular weight excluding hydrogens is 424 g/mol. The van der Waals surface area contributed by atoms with Gasteiger partial charge in [0.15, 0.2) is 0 Å². The van der Waals surface area contributed by atoms with Crippen LogP contribution in [0.2, 0.25) is 0 Å². The summed E-state index contributed by atoms with van der Waals surface area (Å²) in [5, 5.41) is 14.4. The lowest BCUT2D eigenvalue weighted by molar-refractivity contribution is -0.384. The smallest absolute Gasteiger partial charge is 0.337 e. The molecule has 0 fully saturated rings. The molecule has 174 valence electrons. The molecule has 1 atom stereocenters. The molecule has 0 bridgehead atoms. The lowest BCUT2D eigenvalue weighted by atomic mass is 9.80. The van der Waals surface area contributed by atoms with E-state index in [2.05, 4.69) is 11.9 Å². The maximum absolute atomic E-state index is 13.1. The first kappa shape index (κ1) is 25.3. The molecule has 0 saturated carbocycles. The average Bonchev–Trinajstić information content (AvgIpc) is 2.78. The molecule has 0 aliphatic carbocycles. The number of nitro groups is 1. The van der Waals surface area contributed by atoms with Crippen LogP contribution in [0.3, 0.4) is 0 Å². The fourth-order valence-electron chi connectivity index (χ4n) is 3.45. The van der Waals surface area contributed by atoms with E-state index in [0.29, 0.717) is 23.4 Å². The van der Waals surface area contributed by atoms with Crippen LogP contribution in [-0.2, 0) is 19.1 Å². The Morgan fingerprint density at radius 2 is 1.82 bits per heavy atom. The number of allylic oxidation sites excluding steroid dienone is 5. The molecule has 8 heteroatoms. The molecule has 1 N–H and O–H groups in total. The zero-order valence-electron chi connectivity index (χ0n) is 19.0. The van der Waals surface area contributed by atoms with Crippen LogP contribution in [0.5, 0.6) is 0 Å². The Morgan fingerprint density at radius 1 is 1.15 bits per heavy atom. The Labute approximate surface area is 193 Å². The minimum absolute atomic E-state index is 0.0312. The highest BCUT2D eigenvalue weighted by atomic mass is 16.6. The van der Waals surface area contributed by atoms with E-state index in [9.17, 15) is 19.7 Å². The van der Waals surface area contributed by atoms with E-state index >= 15 is 0 Å². The van der Waals surface area contributed by atoms with Crippen molar-refractivity contribution in [2.75, 3.05) is 13.2 Å². The Kier molecular flexibility index (Phi) is 9.35. The quantitative estimate of drug-likeness (QED) is 0.138. The second-order valence-electron chi connectivity index (χ2n) is 7.25. The number of nitrogens with zero attached hydrogens (tertiary/aromatic N) is 1. The van der Waals surface area contributed by atoms with Gasteiger partial charge in [-0.1, -0.05) is 36.4 Å². The summed E-state index contributed by atoms with van der Waals surface area (Å²) in [6.45, 7) is 9.02. The number of nitro benzene ring substituents is 1. The highest BCUT2D eigenvalue weighted by Gasteiger charge is 2.38. The van der Waals surface area contributed by atoms with Gasteiger partial charge in [0.2, 0.25) is 0 Å². The highest BCUT2D eigenvalue weighted by molar-refractivity contribution is 6.00. The first-order valence-corrected chi connectivity index (χ1v) is 10.5. The van der Waals surface area contributed by atoms with Gasteiger partial charge in [0.25, 0.3) is 5.69 Å². The number of esters is 2. The third kappa shape index (κ3) is 6.52. The summed E-state index contributed by atoms with van der Waals surface area (Å²) < 4.78 is 10.8. The summed E-state index contributed by atoms with van der Waals surface area (Å²) in [6, 6.07) is 5.86. The molecule has 1 aliphatic heterocycles. The predicted octanol–water partition coefficient (Wildman–Crippen LogP) is 4.62. The minimum atomic E-state index is -0.894. The number of carbonyl (C=O) groups excluding carboxylic acids is 2. The van der Waals surface area contributed by atoms with Crippen LogP contribution in [0.25, 0.3) is 0 Å². The van der Waals surface area contributed by atoms with Gasteiger partial charge < -0.3 is 14.8 Å². The number of nitrogens with one attached hydrogen (secondary N) is 1. The maximum Gasteiger partial charge on any atom is 0.337 e. The van der Waals surface area contributed by atoms with Crippen LogP contribution in [-0.4, -0.2) is 30.1 Å². The Bertz CT molecular complexity index is 1050. The normalized spacial score (nSPS) is 16.2. The van der Waals surface area contributed by atoms with E-state index in [1.807, 2.05) is 13.0 Å². The Balaban J connectivity index is 2.51. The van der Waals surface area contributed by atoms with Gasteiger partial charge >= 0.3 is 11.9 Å². The van der Waals surface area contributed by atoms with Gasteiger partial charge in [0.05, 0.1) is 28.6 Å². The van der Waals surface area contributed by atoms with Gasteiger partial charge in [-0.25, -0.2) is 9.59 Å². The molecule has 0 amide bonds. The van der Waals surface area contributed by atoms with Crippen LogP contribution in [0, 0.1) is 10.1 Å². The zero-order chi connectivity index (χ0) is 24.4. The lowest BCUT2D eigenvalue weighted by Gasteiger charge is -2.30. The largest absolute Gasteiger partial charge is 0.462 e. The minimum Gasteiger partial charge on any atom is -0.462 e. The SMILES string of the molecule is C=CCCOC(=O)C1=C(C)NC(C)=C(C(=O)OC/C=C/C=C/C)C1c1cccc([N+](=O)[O-])c1. The van der Waals surface area contributed by atoms with E-state index in [1.54, 1.807) is 44.2 Å². The fraction of sp³-hybridized carbons (Fsp3) is 0.280. The number of hydrogen-bond donors (Lipinski definition) is 1. The predicted molar refractivity (Wildman–Crippen MR) is 125 cm³/mol. The Morgan fingerprint density at radius 3 is 2.42 bits per heavy atom. The topological polar surface area (TPSA) is 108 Å². The van der Waals surface area contributed by atoms with E-state index < -0.39 is 22.8 Å². The summed E-state index contributed by atoms with van der Waals surface area (Å²) in [4.78, 5) is 36.9. The van der Waals surface area contributed by atoms with Gasteiger partial charge in [-0.2, -0.15) is 0 Å². The summed E-state index contributed by atoms with van der Waals surface area (Å²) in [6.07, 6.45) is 9.16. The standard InChI is InChI=1S/C25H28N2O6/c1-5-7-9-10-15-33-25(29)22-18(4)26-17(3)21(24(28)32-14-8-6-2)23(22)19-12-11-13-20(16-19)27(30)31/h5-7,9-13,16,23,26H,2,8,14-15H2,1,3-4H3/b7-5+,10-9+. The number of ether oxygens (including phenoxy) is 2. The molecular formula is C25H28N2O6. The molecule has 8 nitrogen and oxygen atoms in total. The number of non-ortho nitro benzene ring substituents is 1. The zero-order valence-corrected chi connectivity index (χ0v) is 19.0. The second-order valence-corrected chi connectivity index (χ2v) is 7.25. The number of rotatable bonds is 10. The Hall–Kier alpha value is -3.94. The second kappa shape index (κ2) is 12.2. The fourth-order valence-corrected chi connectivity index (χ4v) is 3.45. The summed E-state index contributed by atoms with van der Waals surface area (Å²) in [7, 11) is 0. The van der Waals surface area contributed by atoms with Crippen LogP contribution >= 0.6 is 0 Å². The van der Waals surface area contributed by atoms with Crippen molar-refractivity contribution < 1.29 is 24.0 Å². The molecule has 1 aromatic carbocycles. The molecule has 1 aromatic rings. The van der Waals surface area contributed by atoms with Crippen molar-refractivity contribution in [3.63, 3.8) is 0 Å². The van der Waals surface area contributed by atoms with Gasteiger partial charge in [0, 0.05) is 23.5 Å². The lowest BCUT2D eigenvalue weighted by Crippen LogP contribution is -2.32. The van der Waals surface area contributed by atoms with Crippen molar-refractivity contribution in [3.05, 3.63) is 99.4 Å². The number of hydrogen-bond acceptors (Lipinski definition) is 7. The van der Waals surface area contributed by atoms with Crippen molar-refractivity contribution in [2.45, 2.75) is 33.1 Å². The number of benzene rings is 1. The molecule has 2 rings (SSSR count). The van der Waals surface area contributed by atoms with Crippen molar-refractivity contribution in [1.82, 2.24) is 5.32 Å². The van der Waals surface area contributed by atoms with Crippen LogP contribution < -0.4 is 5.32 Å². The molecule has 1 heterocycles. The molecule has 1 unspecified atom stereocenters. The van der Waals surface area contributed by atoms with Gasteiger partial charge in [-0.05, 0) is 38.8 Å². The van der Waals surface area contributed by atoms with Crippen molar-refractivity contribution in [3.8, 4) is 0 Å². The van der Waals surface area contributed by atoms with Gasteiger partial charge in [-0.15, -0.1) is 6.58 Å². The van der Waals surface area contributed by atoms with E-state index in [-0.39, 0.29) is 30.0 Å². The summed E-state index contributed by atoms with van der Waals surface area (Å²) in [5.41, 5.74) is 1.64. The van der Waals surface area contributed by atoms with Crippen molar-refractivity contribution in [1.29, 1.82) is 0 Å². The molecule has 33 heavy (non-hydrogen) atoms. The summed E-state index contributed by atoms with van der Waals surface area (Å²) in [5.74, 6) is -2.15. The third-order valence-electron chi connectivity index (χ3n) is 4.92. The average molecular weight is 453 g/mol. The first-order chi connectivity index (χ1) is 15.8. The monoisotopic (exact) mass is 452 g/mol. The molecule has 0 saturated heterocycles. The molecule has 1 aliphatic rings. The molecule has 0 aromatic heterocycles.